The first-order valence-electron chi connectivity index (χ1n) is 9.99. The third-order valence-corrected chi connectivity index (χ3v) is 7.75. The largest absolute Gasteiger partial charge is 0.383 e. The molecule has 168 valence electrons. The van der Waals surface area contributed by atoms with Crippen LogP contribution in [0.15, 0.2) is 35.6 Å². The molecule has 0 fully saturated rings. The Kier molecular flexibility index (Phi) is 7.80. The predicted octanol–water partition coefficient (Wildman–Crippen LogP) is 4.85. The predicted molar refractivity (Wildman–Crippen MR) is 125 cm³/mol. The minimum absolute atomic E-state index is 0.0403. The number of pyridine rings is 1. The van der Waals surface area contributed by atoms with Crippen molar-refractivity contribution in [2.75, 3.05) is 25.2 Å². The SMILES string of the molecule is COCC(CCCCCS(=O)(=O)c1ccc(Cl)cc1Cl)n1cnc2c(N)ncc(C)c21. The molecule has 0 aliphatic rings. The van der Waals surface area contributed by atoms with Gasteiger partial charge >= 0.3 is 0 Å². The Bertz CT molecular complexity index is 1160. The molecule has 0 spiro atoms. The zero-order valence-corrected chi connectivity index (χ0v) is 19.8. The quantitative estimate of drug-likeness (QED) is 0.412. The number of methoxy groups -OCH3 is 1. The standard InChI is InChI=1S/C21H26Cl2N4O3S/c1-14-11-25-21(24)19-20(14)27(13-26-19)16(12-30-2)6-4-3-5-9-31(28,29)18-8-7-15(22)10-17(18)23/h7-8,10-11,13,16H,3-6,9,12H2,1-2H3,(H2,24,25). The number of nitrogens with zero attached hydrogens (tertiary/aromatic N) is 3. The number of aromatic nitrogens is 3. The third kappa shape index (κ3) is 5.49. The van der Waals surface area contributed by atoms with Crippen LogP contribution in [0, 0.1) is 6.92 Å². The summed E-state index contributed by atoms with van der Waals surface area (Å²) in [5, 5.41) is 0.566. The highest BCUT2D eigenvalue weighted by molar-refractivity contribution is 7.91. The molecule has 1 aromatic carbocycles. The molecule has 0 saturated carbocycles. The lowest BCUT2D eigenvalue weighted by atomic mass is 10.1. The van der Waals surface area contributed by atoms with E-state index in [9.17, 15) is 8.42 Å². The van der Waals surface area contributed by atoms with Crippen LogP contribution in [0.1, 0.15) is 37.3 Å². The van der Waals surface area contributed by atoms with Crippen molar-refractivity contribution in [3.63, 3.8) is 0 Å². The Hall–Kier alpha value is -1.87. The molecular weight excluding hydrogens is 459 g/mol. The summed E-state index contributed by atoms with van der Waals surface area (Å²) in [5.74, 6) is 0.445. The number of unbranched alkanes of at least 4 members (excludes halogenated alkanes) is 2. The lowest BCUT2D eigenvalue weighted by Crippen LogP contribution is -2.15. The molecule has 0 amide bonds. The summed E-state index contributed by atoms with van der Waals surface area (Å²) < 4.78 is 32.7. The van der Waals surface area contributed by atoms with E-state index in [4.69, 9.17) is 33.7 Å². The number of halogens is 2. The van der Waals surface area contributed by atoms with Gasteiger partial charge in [-0.2, -0.15) is 0 Å². The number of fused-ring (bicyclic) bond motifs is 1. The zero-order chi connectivity index (χ0) is 22.6. The van der Waals surface area contributed by atoms with Crippen LogP contribution >= 0.6 is 23.2 Å². The van der Waals surface area contributed by atoms with Crippen molar-refractivity contribution in [2.24, 2.45) is 0 Å². The van der Waals surface area contributed by atoms with Gasteiger partial charge in [0.15, 0.2) is 15.7 Å². The Balaban J connectivity index is 1.61. The molecule has 1 atom stereocenters. The number of ether oxygens (including phenoxy) is 1. The maximum Gasteiger partial charge on any atom is 0.179 e. The molecule has 0 aliphatic carbocycles. The Morgan fingerprint density at radius 2 is 1.97 bits per heavy atom. The van der Waals surface area contributed by atoms with E-state index in [1.807, 2.05) is 6.92 Å². The van der Waals surface area contributed by atoms with Crippen molar-refractivity contribution in [1.29, 1.82) is 0 Å². The van der Waals surface area contributed by atoms with E-state index in [1.54, 1.807) is 19.6 Å². The van der Waals surface area contributed by atoms with Gasteiger partial charge in [-0.05, 0) is 43.5 Å². The van der Waals surface area contributed by atoms with E-state index in [0.717, 1.165) is 30.3 Å². The summed E-state index contributed by atoms with van der Waals surface area (Å²) in [6.45, 7) is 2.50. The van der Waals surface area contributed by atoms with Gasteiger partial charge in [-0.25, -0.2) is 18.4 Å². The van der Waals surface area contributed by atoms with Gasteiger partial charge in [0.1, 0.15) is 5.52 Å². The fourth-order valence-corrected chi connectivity index (χ4v) is 5.88. The monoisotopic (exact) mass is 484 g/mol. The fraction of sp³-hybridized carbons (Fsp3) is 0.429. The molecule has 3 aromatic rings. The molecule has 2 N–H and O–H groups in total. The van der Waals surface area contributed by atoms with Crippen LogP contribution in [0.4, 0.5) is 5.82 Å². The number of sulfone groups is 1. The molecule has 31 heavy (non-hydrogen) atoms. The second-order valence-corrected chi connectivity index (χ2v) is 10.4. The van der Waals surface area contributed by atoms with Crippen LogP contribution in [0.3, 0.4) is 0 Å². The van der Waals surface area contributed by atoms with Crippen molar-refractivity contribution in [3.05, 3.63) is 46.3 Å². The Morgan fingerprint density at radius 3 is 2.68 bits per heavy atom. The van der Waals surface area contributed by atoms with Gasteiger partial charge < -0.3 is 15.0 Å². The third-order valence-electron chi connectivity index (χ3n) is 5.24. The van der Waals surface area contributed by atoms with E-state index in [-0.39, 0.29) is 21.7 Å². The maximum atomic E-state index is 12.6. The maximum absolute atomic E-state index is 12.6. The molecule has 2 heterocycles. The smallest absolute Gasteiger partial charge is 0.179 e. The molecule has 0 aliphatic heterocycles. The minimum Gasteiger partial charge on any atom is -0.383 e. The van der Waals surface area contributed by atoms with E-state index in [0.29, 0.717) is 29.4 Å². The first kappa shape index (κ1) is 23.8. The average Bonchev–Trinajstić information content (AvgIpc) is 3.16. The second-order valence-electron chi connectivity index (χ2n) is 7.53. The number of nitrogen functional groups attached to an aromatic ring is 1. The molecule has 2 aromatic heterocycles. The van der Waals surface area contributed by atoms with Crippen LogP contribution in [-0.4, -0.2) is 42.4 Å². The van der Waals surface area contributed by atoms with Crippen LogP contribution in [0.5, 0.6) is 0 Å². The molecule has 3 rings (SSSR count). The molecule has 0 bridgehead atoms. The van der Waals surface area contributed by atoms with Gasteiger partial charge in [0.2, 0.25) is 0 Å². The number of hydrogen-bond acceptors (Lipinski definition) is 6. The lowest BCUT2D eigenvalue weighted by molar-refractivity contribution is 0.151. The van der Waals surface area contributed by atoms with Crippen molar-refractivity contribution < 1.29 is 13.2 Å². The Labute approximate surface area is 192 Å². The first-order chi connectivity index (χ1) is 14.7. The second kappa shape index (κ2) is 10.2. The van der Waals surface area contributed by atoms with Gasteiger partial charge in [-0.15, -0.1) is 0 Å². The molecule has 0 radical (unpaired) electrons. The van der Waals surface area contributed by atoms with E-state index in [1.165, 1.54) is 18.2 Å². The molecule has 7 nitrogen and oxygen atoms in total. The van der Waals surface area contributed by atoms with Gasteiger partial charge in [-0.3, -0.25) is 0 Å². The highest BCUT2D eigenvalue weighted by Crippen LogP contribution is 2.28. The van der Waals surface area contributed by atoms with Crippen molar-refractivity contribution >= 4 is 49.9 Å². The summed E-state index contributed by atoms with van der Waals surface area (Å²) in [6.07, 6.45) is 6.49. The van der Waals surface area contributed by atoms with E-state index in [2.05, 4.69) is 14.5 Å². The van der Waals surface area contributed by atoms with Crippen LogP contribution in [-0.2, 0) is 14.6 Å². The fourth-order valence-electron chi connectivity index (χ4n) is 3.69. The summed E-state index contributed by atoms with van der Waals surface area (Å²) in [4.78, 5) is 8.72. The number of rotatable bonds is 10. The van der Waals surface area contributed by atoms with Crippen molar-refractivity contribution in [1.82, 2.24) is 14.5 Å². The normalized spacial score (nSPS) is 13.0. The molecule has 10 heteroatoms. The number of benzene rings is 1. The first-order valence-corrected chi connectivity index (χ1v) is 12.4. The lowest BCUT2D eigenvalue weighted by Gasteiger charge is -2.19. The zero-order valence-electron chi connectivity index (χ0n) is 17.5. The number of aryl methyl sites for hydroxylation is 1. The van der Waals surface area contributed by atoms with E-state index < -0.39 is 9.84 Å². The summed E-state index contributed by atoms with van der Waals surface area (Å²) in [5.41, 5.74) is 8.60. The molecular formula is C21H26Cl2N4O3S. The average molecular weight is 485 g/mol. The van der Waals surface area contributed by atoms with E-state index >= 15 is 0 Å². The summed E-state index contributed by atoms with van der Waals surface area (Å²) in [6, 6.07) is 4.51. The molecule has 0 saturated heterocycles. The van der Waals surface area contributed by atoms with Crippen LogP contribution < -0.4 is 5.73 Å². The van der Waals surface area contributed by atoms with Gasteiger partial charge in [0.25, 0.3) is 0 Å². The number of nitrogens with two attached hydrogens (primary N) is 1. The van der Waals surface area contributed by atoms with Gasteiger partial charge in [-0.1, -0.05) is 36.0 Å². The number of anilines is 1. The summed E-state index contributed by atoms with van der Waals surface area (Å²) in [7, 11) is -1.79. The highest BCUT2D eigenvalue weighted by atomic mass is 35.5. The van der Waals surface area contributed by atoms with Crippen molar-refractivity contribution in [2.45, 2.75) is 43.5 Å². The minimum atomic E-state index is -3.45. The van der Waals surface area contributed by atoms with Gasteiger partial charge in [0.05, 0.1) is 40.2 Å². The van der Waals surface area contributed by atoms with Crippen LogP contribution in [0.2, 0.25) is 10.0 Å². The molecule has 1 unspecified atom stereocenters. The van der Waals surface area contributed by atoms with Gasteiger partial charge in [0, 0.05) is 18.3 Å². The number of imidazole rings is 1. The Morgan fingerprint density at radius 1 is 1.19 bits per heavy atom. The van der Waals surface area contributed by atoms with Crippen LogP contribution in [0.25, 0.3) is 11.0 Å². The van der Waals surface area contributed by atoms with Crippen molar-refractivity contribution in [3.8, 4) is 0 Å². The number of hydrogen-bond donors (Lipinski definition) is 1. The highest BCUT2D eigenvalue weighted by Gasteiger charge is 2.19. The summed E-state index contributed by atoms with van der Waals surface area (Å²) >= 11 is 11.9. The topological polar surface area (TPSA) is 100 Å².